The van der Waals surface area contributed by atoms with Crippen LogP contribution in [0, 0.1) is 0 Å². The molecule has 0 radical (unpaired) electrons. The Labute approximate surface area is 135 Å². The molecule has 0 atom stereocenters. The molecule has 2 heterocycles. The lowest BCUT2D eigenvalue weighted by molar-refractivity contribution is 0.582. The molecule has 2 rings (SSSR count). The Morgan fingerprint density at radius 3 is 2.45 bits per heavy atom. The zero-order chi connectivity index (χ0) is 16.0. The first-order valence-corrected chi connectivity index (χ1v) is 8.16. The highest BCUT2D eigenvalue weighted by molar-refractivity contribution is 7.09. The summed E-state index contributed by atoms with van der Waals surface area (Å²) in [6.45, 7) is 7.84. The molecule has 0 saturated heterocycles. The fraction of sp³-hybridized carbons (Fsp3) is 0.438. The third-order valence-corrected chi connectivity index (χ3v) is 4.33. The lowest BCUT2D eigenvalue weighted by Crippen LogP contribution is -2.36. The van der Waals surface area contributed by atoms with Crippen molar-refractivity contribution in [3.05, 3.63) is 46.2 Å². The van der Waals surface area contributed by atoms with E-state index in [0.717, 1.165) is 22.4 Å². The van der Waals surface area contributed by atoms with Gasteiger partial charge in [-0.3, -0.25) is 9.98 Å². The number of rotatable bonds is 4. The average Bonchev–Trinajstić information content (AvgIpc) is 2.97. The molecule has 6 heteroatoms. The van der Waals surface area contributed by atoms with Crippen LogP contribution in [0.4, 0.5) is 0 Å². The summed E-state index contributed by atoms with van der Waals surface area (Å²) in [7, 11) is 1.76. The number of hydrogen-bond donors (Lipinski definition) is 2. The molecule has 0 aliphatic heterocycles. The summed E-state index contributed by atoms with van der Waals surface area (Å²) in [5, 5.41) is 9.77. The molecule has 0 amide bonds. The smallest absolute Gasteiger partial charge is 0.191 e. The van der Waals surface area contributed by atoms with Crippen molar-refractivity contribution in [2.45, 2.75) is 39.3 Å². The van der Waals surface area contributed by atoms with Gasteiger partial charge in [-0.1, -0.05) is 26.8 Å². The SMILES string of the molecule is CN=C(NCc1ccccn1)NCc1csc(C(C)(C)C)n1. The molecule has 0 aromatic carbocycles. The van der Waals surface area contributed by atoms with Crippen LogP contribution in [0.25, 0.3) is 0 Å². The van der Waals surface area contributed by atoms with Crippen LogP contribution in [0.1, 0.15) is 37.2 Å². The van der Waals surface area contributed by atoms with Gasteiger partial charge in [-0.15, -0.1) is 11.3 Å². The van der Waals surface area contributed by atoms with E-state index in [0.29, 0.717) is 13.1 Å². The van der Waals surface area contributed by atoms with Gasteiger partial charge in [0.1, 0.15) is 0 Å². The van der Waals surface area contributed by atoms with Gasteiger partial charge in [0.15, 0.2) is 5.96 Å². The lowest BCUT2D eigenvalue weighted by atomic mass is 9.98. The highest BCUT2D eigenvalue weighted by Gasteiger charge is 2.17. The highest BCUT2D eigenvalue weighted by Crippen LogP contribution is 2.25. The zero-order valence-corrected chi connectivity index (χ0v) is 14.4. The predicted molar refractivity (Wildman–Crippen MR) is 92.1 cm³/mol. The molecule has 0 fully saturated rings. The fourth-order valence-electron chi connectivity index (χ4n) is 1.80. The number of thiazole rings is 1. The lowest BCUT2D eigenvalue weighted by Gasteiger charge is -2.14. The summed E-state index contributed by atoms with van der Waals surface area (Å²) in [6.07, 6.45) is 1.79. The number of pyridine rings is 1. The zero-order valence-electron chi connectivity index (χ0n) is 13.6. The van der Waals surface area contributed by atoms with Crippen LogP contribution in [0.2, 0.25) is 0 Å². The van der Waals surface area contributed by atoms with Crippen molar-refractivity contribution in [3.63, 3.8) is 0 Å². The van der Waals surface area contributed by atoms with Gasteiger partial charge < -0.3 is 10.6 Å². The van der Waals surface area contributed by atoms with Crippen molar-refractivity contribution in [2.24, 2.45) is 4.99 Å². The van der Waals surface area contributed by atoms with Gasteiger partial charge in [0, 0.05) is 24.0 Å². The van der Waals surface area contributed by atoms with Crippen LogP contribution in [-0.4, -0.2) is 23.0 Å². The maximum Gasteiger partial charge on any atom is 0.191 e. The summed E-state index contributed by atoms with van der Waals surface area (Å²) >= 11 is 1.70. The maximum absolute atomic E-state index is 4.67. The Bertz CT molecular complexity index is 613. The summed E-state index contributed by atoms with van der Waals surface area (Å²) in [5.74, 6) is 0.746. The van der Waals surface area contributed by atoms with Gasteiger partial charge in [0.2, 0.25) is 0 Å². The Hall–Kier alpha value is -1.95. The Morgan fingerprint density at radius 1 is 1.18 bits per heavy atom. The molecule has 2 N–H and O–H groups in total. The summed E-state index contributed by atoms with van der Waals surface area (Å²) in [5.41, 5.74) is 2.12. The fourth-order valence-corrected chi connectivity index (χ4v) is 2.71. The van der Waals surface area contributed by atoms with Crippen LogP contribution >= 0.6 is 11.3 Å². The van der Waals surface area contributed by atoms with Crippen molar-refractivity contribution >= 4 is 17.3 Å². The van der Waals surface area contributed by atoms with E-state index in [1.807, 2.05) is 18.2 Å². The van der Waals surface area contributed by atoms with E-state index in [4.69, 9.17) is 0 Å². The van der Waals surface area contributed by atoms with E-state index < -0.39 is 0 Å². The summed E-state index contributed by atoms with van der Waals surface area (Å²) < 4.78 is 0. The molecule has 0 saturated carbocycles. The van der Waals surface area contributed by atoms with Crippen molar-refractivity contribution in [1.82, 2.24) is 20.6 Å². The topological polar surface area (TPSA) is 62.2 Å². The van der Waals surface area contributed by atoms with E-state index in [1.165, 1.54) is 0 Å². The summed E-state index contributed by atoms with van der Waals surface area (Å²) in [4.78, 5) is 13.2. The van der Waals surface area contributed by atoms with Crippen molar-refractivity contribution in [2.75, 3.05) is 7.05 Å². The Balaban J connectivity index is 1.85. The number of guanidine groups is 1. The van der Waals surface area contributed by atoms with Crippen LogP contribution in [-0.2, 0) is 18.5 Å². The van der Waals surface area contributed by atoms with Crippen LogP contribution < -0.4 is 10.6 Å². The van der Waals surface area contributed by atoms with Gasteiger partial charge >= 0.3 is 0 Å². The number of nitrogens with one attached hydrogen (secondary N) is 2. The number of nitrogens with zero attached hydrogens (tertiary/aromatic N) is 3. The van der Waals surface area contributed by atoms with E-state index in [2.05, 4.69) is 51.7 Å². The molecule has 0 aliphatic carbocycles. The quantitative estimate of drug-likeness (QED) is 0.672. The van der Waals surface area contributed by atoms with Crippen molar-refractivity contribution < 1.29 is 0 Å². The second-order valence-electron chi connectivity index (χ2n) is 5.99. The number of aliphatic imine (C=N–C) groups is 1. The van der Waals surface area contributed by atoms with Gasteiger partial charge in [0.25, 0.3) is 0 Å². The molecular weight excluding hydrogens is 294 g/mol. The molecule has 22 heavy (non-hydrogen) atoms. The summed E-state index contributed by atoms with van der Waals surface area (Å²) in [6, 6.07) is 5.87. The van der Waals surface area contributed by atoms with Gasteiger partial charge in [-0.05, 0) is 12.1 Å². The minimum Gasteiger partial charge on any atom is -0.351 e. The first-order chi connectivity index (χ1) is 10.5. The van der Waals surface area contributed by atoms with E-state index in [-0.39, 0.29) is 5.41 Å². The monoisotopic (exact) mass is 317 g/mol. The maximum atomic E-state index is 4.67. The molecule has 0 spiro atoms. The molecule has 5 nitrogen and oxygen atoms in total. The molecule has 2 aromatic heterocycles. The van der Waals surface area contributed by atoms with Crippen LogP contribution in [0.5, 0.6) is 0 Å². The first kappa shape index (κ1) is 16.4. The highest BCUT2D eigenvalue weighted by atomic mass is 32.1. The molecule has 2 aromatic rings. The third-order valence-electron chi connectivity index (χ3n) is 3.02. The van der Waals surface area contributed by atoms with Crippen LogP contribution in [0.15, 0.2) is 34.8 Å². The van der Waals surface area contributed by atoms with E-state index in [9.17, 15) is 0 Å². The normalized spacial score (nSPS) is 12.3. The van der Waals surface area contributed by atoms with E-state index >= 15 is 0 Å². The van der Waals surface area contributed by atoms with Crippen molar-refractivity contribution in [3.8, 4) is 0 Å². The Kier molecular flexibility index (Phi) is 5.49. The van der Waals surface area contributed by atoms with Gasteiger partial charge in [0.05, 0.1) is 29.5 Å². The Morgan fingerprint density at radius 2 is 1.91 bits per heavy atom. The molecule has 118 valence electrons. The molecule has 0 unspecified atom stereocenters. The number of aromatic nitrogens is 2. The van der Waals surface area contributed by atoms with E-state index in [1.54, 1.807) is 24.6 Å². The van der Waals surface area contributed by atoms with Gasteiger partial charge in [-0.2, -0.15) is 0 Å². The second kappa shape index (κ2) is 7.35. The second-order valence-corrected chi connectivity index (χ2v) is 6.85. The number of hydrogen-bond acceptors (Lipinski definition) is 4. The molecule has 0 bridgehead atoms. The van der Waals surface area contributed by atoms with Crippen molar-refractivity contribution in [1.29, 1.82) is 0 Å². The largest absolute Gasteiger partial charge is 0.351 e. The standard InChI is InChI=1S/C16H23N5S/c1-16(2,3)14-21-13(11-22-14)10-20-15(17-4)19-9-12-7-5-6-8-18-12/h5-8,11H,9-10H2,1-4H3,(H2,17,19,20). The first-order valence-electron chi connectivity index (χ1n) is 7.28. The minimum absolute atomic E-state index is 0.0990. The predicted octanol–water partition coefficient (Wildman–Crippen LogP) is 2.70. The average molecular weight is 317 g/mol. The third kappa shape index (κ3) is 4.80. The van der Waals surface area contributed by atoms with Gasteiger partial charge in [-0.25, -0.2) is 4.98 Å². The molecular formula is C16H23N5S. The minimum atomic E-state index is 0.0990. The van der Waals surface area contributed by atoms with Crippen LogP contribution in [0.3, 0.4) is 0 Å². The molecule has 0 aliphatic rings.